The lowest BCUT2D eigenvalue weighted by atomic mass is 10.0. The highest BCUT2D eigenvalue weighted by Crippen LogP contribution is 2.25. The van der Waals surface area contributed by atoms with Crippen molar-refractivity contribution in [3.8, 4) is 0 Å². The Morgan fingerprint density at radius 3 is 2.72 bits per heavy atom. The maximum atomic E-state index is 3.67. The molecule has 1 unspecified atom stereocenters. The van der Waals surface area contributed by atoms with Gasteiger partial charge in [-0.2, -0.15) is 0 Å². The number of nitrogens with one attached hydrogen (secondary N) is 1. The fraction of sp³-hybridized carbons (Fsp3) is 0.333. The summed E-state index contributed by atoms with van der Waals surface area (Å²) in [5, 5.41) is 5.82. The van der Waals surface area contributed by atoms with E-state index >= 15 is 0 Å². The molecule has 0 spiro atoms. The first-order valence-electron chi connectivity index (χ1n) is 6.31. The third-order valence-corrected chi connectivity index (χ3v) is 4.79. The SMILES string of the molecule is CCCNC(Cc1cccs1)c1ccccc1I. The Kier molecular flexibility index (Phi) is 5.66. The fourth-order valence-electron chi connectivity index (χ4n) is 2.00. The van der Waals surface area contributed by atoms with Crippen LogP contribution >= 0.6 is 33.9 Å². The lowest BCUT2D eigenvalue weighted by molar-refractivity contribution is 0.530. The lowest BCUT2D eigenvalue weighted by Gasteiger charge is -2.19. The zero-order valence-corrected chi connectivity index (χ0v) is 13.5. The lowest BCUT2D eigenvalue weighted by Crippen LogP contribution is -2.24. The standard InChI is InChI=1S/C15H18INS/c1-2-9-17-15(11-12-6-5-10-18-12)13-7-3-4-8-14(13)16/h3-8,10,15,17H,2,9,11H2,1H3. The van der Waals surface area contributed by atoms with Gasteiger partial charge < -0.3 is 5.32 Å². The summed E-state index contributed by atoms with van der Waals surface area (Å²) in [7, 11) is 0. The van der Waals surface area contributed by atoms with Crippen molar-refractivity contribution in [1.82, 2.24) is 5.32 Å². The van der Waals surface area contributed by atoms with E-state index in [-0.39, 0.29) is 0 Å². The van der Waals surface area contributed by atoms with Crippen LogP contribution in [-0.2, 0) is 6.42 Å². The van der Waals surface area contributed by atoms with E-state index in [0.29, 0.717) is 6.04 Å². The predicted molar refractivity (Wildman–Crippen MR) is 88.2 cm³/mol. The molecule has 0 fully saturated rings. The predicted octanol–water partition coefficient (Wildman–Crippen LogP) is 4.64. The molecule has 2 rings (SSSR count). The molecular weight excluding hydrogens is 353 g/mol. The monoisotopic (exact) mass is 371 g/mol. The highest BCUT2D eigenvalue weighted by molar-refractivity contribution is 14.1. The van der Waals surface area contributed by atoms with Gasteiger partial charge in [0, 0.05) is 20.9 Å². The normalized spacial score (nSPS) is 12.6. The van der Waals surface area contributed by atoms with Gasteiger partial charge in [0.15, 0.2) is 0 Å². The van der Waals surface area contributed by atoms with Crippen LogP contribution in [0.1, 0.15) is 29.8 Å². The summed E-state index contributed by atoms with van der Waals surface area (Å²) in [6.07, 6.45) is 2.25. The maximum Gasteiger partial charge on any atom is 0.0379 e. The van der Waals surface area contributed by atoms with E-state index in [0.717, 1.165) is 13.0 Å². The molecule has 1 aromatic heterocycles. The minimum absolute atomic E-state index is 0.427. The molecule has 0 bridgehead atoms. The van der Waals surface area contributed by atoms with Gasteiger partial charge in [-0.1, -0.05) is 31.2 Å². The van der Waals surface area contributed by atoms with Gasteiger partial charge in [0.25, 0.3) is 0 Å². The van der Waals surface area contributed by atoms with Gasteiger partial charge in [0.1, 0.15) is 0 Å². The molecule has 1 nitrogen and oxygen atoms in total. The summed E-state index contributed by atoms with van der Waals surface area (Å²) in [4.78, 5) is 1.45. The van der Waals surface area contributed by atoms with Crippen molar-refractivity contribution in [1.29, 1.82) is 0 Å². The molecular formula is C15H18INS. The topological polar surface area (TPSA) is 12.0 Å². The average Bonchev–Trinajstić information content (AvgIpc) is 2.88. The van der Waals surface area contributed by atoms with Crippen LogP contribution in [0.15, 0.2) is 41.8 Å². The minimum atomic E-state index is 0.427. The number of rotatable bonds is 6. The zero-order chi connectivity index (χ0) is 12.8. The van der Waals surface area contributed by atoms with E-state index in [1.165, 1.54) is 20.4 Å². The molecule has 0 aliphatic heterocycles. The molecule has 0 aliphatic carbocycles. The van der Waals surface area contributed by atoms with Crippen LogP contribution in [0.2, 0.25) is 0 Å². The summed E-state index contributed by atoms with van der Waals surface area (Å²) in [6.45, 7) is 3.28. The van der Waals surface area contributed by atoms with Crippen molar-refractivity contribution < 1.29 is 0 Å². The molecule has 0 radical (unpaired) electrons. The van der Waals surface area contributed by atoms with E-state index in [4.69, 9.17) is 0 Å². The van der Waals surface area contributed by atoms with Crippen LogP contribution in [0.5, 0.6) is 0 Å². The van der Waals surface area contributed by atoms with Crippen molar-refractivity contribution in [3.63, 3.8) is 0 Å². The third kappa shape index (κ3) is 3.80. The largest absolute Gasteiger partial charge is 0.310 e. The average molecular weight is 371 g/mol. The van der Waals surface area contributed by atoms with Gasteiger partial charge in [-0.25, -0.2) is 0 Å². The Labute approximate surface area is 127 Å². The first kappa shape index (κ1) is 14.0. The molecule has 96 valence electrons. The summed E-state index contributed by atoms with van der Waals surface area (Å²) in [6, 6.07) is 13.4. The number of halogens is 1. The molecule has 0 aliphatic rings. The third-order valence-electron chi connectivity index (χ3n) is 2.91. The van der Waals surface area contributed by atoms with E-state index in [1.807, 2.05) is 11.3 Å². The van der Waals surface area contributed by atoms with Gasteiger partial charge in [0.05, 0.1) is 0 Å². The van der Waals surface area contributed by atoms with Crippen molar-refractivity contribution in [2.45, 2.75) is 25.8 Å². The van der Waals surface area contributed by atoms with Crippen LogP contribution < -0.4 is 5.32 Å². The Morgan fingerprint density at radius 1 is 1.22 bits per heavy atom. The quantitative estimate of drug-likeness (QED) is 0.730. The van der Waals surface area contributed by atoms with Crippen molar-refractivity contribution in [2.75, 3.05) is 6.54 Å². The molecule has 0 saturated heterocycles. The van der Waals surface area contributed by atoms with Crippen LogP contribution in [0, 0.1) is 3.57 Å². The van der Waals surface area contributed by atoms with Crippen molar-refractivity contribution in [2.24, 2.45) is 0 Å². The molecule has 1 atom stereocenters. The minimum Gasteiger partial charge on any atom is -0.310 e. The second-order valence-corrected chi connectivity index (χ2v) is 6.51. The highest BCUT2D eigenvalue weighted by Gasteiger charge is 2.14. The number of hydrogen-bond acceptors (Lipinski definition) is 2. The van der Waals surface area contributed by atoms with Crippen molar-refractivity contribution in [3.05, 3.63) is 55.8 Å². The summed E-state index contributed by atoms with van der Waals surface area (Å²) in [5.74, 6) is 0. The van der Waals surface area contributed by atoms with Crippen LogP contribution in [0.3, 0.4) is 0 Å². The van der Waals surface area contributed by atoms with Crippen LogP contribution in [0.25, 0.3) is 0 Å². The Morgan fingerprint density at radius 2 is 2.06 bits per heavy atom. The van der Waals surface area contributed by atoms with Gasteiger partial charge >= 0.3 is 0 Å². The van der Waals surface area contributed by atoms with Crippen LogP contribution in [0.4, 0.5) is 0 Å². The van der Waals surface area contributed by atoms with Crippen LogP contribution in [-0.4, -0.2) is 6.54 Å². The summed E-state index contributed by atoms with van der Waals surface area (Å²) in [5.41, 5.74) is 1.42. The summed E-state index contributed by atoms with van der Waals surface area (Å²) >= 11 is 4.27. The molecule has 3 heteroatoms. The number of benzene rings is 1. The molecule has 18 heavy (non-hydrogen) atoms. The summed E-state index contributed by atoms with van der Waals surface area (Å²) < 4.78 is 1.35. The number of thiophene rings is 1. The highest BCUT2D eigenvalue weighted by atomic mass is 127. The second-order valence-electron chi connectivity index (χ2n) is 4.31. The van der Waals surface area contributed by atoms with E-state index < -0.39 is 0 Å². The molecule has 2 aromatic rings. The Bertz CT molecular complexity index is 467. The van der Waals surface area contributed by atoms with E-state index in [2.05, 4.69) is 76.6 Å². The first-order valence-corrected chi connectivity index (χ1v) is 8.27. The fourth-order valence-corrected chi connectivity index (χ4v) is 3.51. The second kappa shape index (κ2) is 7.26. The molecule has 1 N–H and O–H groups in total. The Hall–Kier alpha value is -0.390. The molecule has 1 aromatic carbocycles. The van der Waals surface area contributed by atoms with Gasteiger partial charge in [0.2, 0.25) is 0 Å². The number of hydrogen-bond donors (Lipinski definition) is 1. The smallest absolute Gasteiger partial charge is 0.0379 e. The Balaban J connectivity index is 2.16. The molecule has 0 saturated carbocycles. The first-order chi connectivity index (χ1) is 8.81. The van der Waals surface area contributed by atoms with Gasteiger partial charge in [-0.15, -0.1) is 11.3 Å². The van der Waals surface area contributed by atoms with E-state index in [1.54, 1.807) is 0 Å². The zero-order valence-electron chi connectivity index (χ0n) is 10.5. The van der Waals surface area contributed by atoms with Gasteiger partial charge in [-0.05, 0) is 58.6 Å². The maximum absolute atomic E-state index is 3.67. The molecule has 1 heterocycles. The van der Waals surface area contributed by atoms with Crippen molar-refractivity contribution >= 4 is 33.9 Å². The van der Waals surface area contributed by atoms with E-state index in [9.17, 15) is 0 Å². The molecule has 0 amide bonds. The van der Waals surface area contributed by atoms with Gasteiger partial charge in [-0.3, -0.25) is 0 Å².